The monoisotopic (exact) mass is 465 g/mol. The first-order valence-corrected chi connectivity index (χ1v) is 10.3. The predicted molar refractivity (Wildman–Crippen MR) is 111 cm³/mol. The Morgan fingerprint density at radius 3 is 2.45 bits per heavy atom. The van der Waals surface area contributed by atoms with Crippen molar-refractivity contribution in [1.29, 1.82) is 0 Å². The molecule has 33 heavy (non-hydrogen) atoms. The van der Waals surface area contributed by atoms with Crippen LogP contribution in [0.2, 0.25) is 0 Å². The second-order valence-electron chi connectivity index (χ2n) is 8.05. The van der Waals surface area contributed by atoms with E-state index < -0.39 is 41.2 Å². The number of nitrogens with one attached hydrogen (secondary N) is 1. The van der Waals surface area contributed by atoms with Crippen LogP contribution in [0.15, 0.2) is 48.5 Å². The lowest BCUT2D eigenvalue weighted by Crippen LogP contribution is -2.40. The molecule has 0 aliphatic carbocycles. The molecule has 2 aromatic rings. The number of halogens is 4. The fraction of sp³-hybridized carbons (Fsp3) is 0.348. The van der Waals surface area contributed by atoms with Gasteiger partial charge in [0.15, 0.2) is 0 Å². The molecule has 1 aliphatic rings. The second kappa shape index (κ2) is 10.0. The minimum atomic E-state index is -4.49. The van der Waals surface area contributed by atoms with Gasteiger partial charge >= 0.3 is 6.18 Å². The van der Waals surface area contributed by atoms with Crippen molar-refractivity contribution in [3.63, 3.8) is 0 Å². The third-order valence-corrected chi connectivity index (χ3v) is 5.53. The maximum Gasteiger partial charge on any atom is 0.416 e. The molecule has 0 bridgehead atoms. The van der Waals surface area contributed by atoms with E-state index in [-0.39, 0.29) is 38.4 Å². The number of carbonyl (C=O) groups excluding carboxylic acids is 3. The molecular weight excluding hydrogens is 442 g/mol. The quantitative estimate of drug-likeness (QED) is 0.587. The van der Waals surface area contributed by atoms with Crippen molar-refractivity contribution in [1.82, 2.24) is 10.2 Å². The maximum absolute atomic E-state index is 13.1. The molecule has 0 saturated carbocycles. The Kier molecular flexibility index (Phi) is 7.35. The molecule has 1 heterocycles. The zero-order valence-corrected chi connectivity index (χ0v) is 17.6. The highest BCUT2D eigenvalue weighted by molar-refractivity contribution is 5.89. The number of hydrogen-bond donors (Lipinski definition) is 2. The molecule has 2 atom stereocenters. The van der Waals surface area contributed by atoms with Crippen molar-refractivity contribution in [2.75, 3.05) is 13.1 Å². The number of hydrogen-bond acceptors (Lipinski definition) is 3. The van der Waals surface area contributed by atoms with Crippen molar-refractivity contribution in [3.8, 4) is 0 Å². The van der Waals surface area contributed by atoms with Crippen LogP contribution in [0.1, 0.15) is 23.1 Å². The summed E-state index contributed by atoms with van der Waals surface area (Å²) in [5.74, 6) is -3.25. The molecule has 2 unspecified atom stereocenters. The van der Waals surface area contributed by atoms with E-state index in [2.05, 4.69) is 5.32 Å². The fourth-order valence-corrected chi connectivity index (χ4v) is 3.71. The zero-order valence-electron chi connectivity index (χ0n) is 17.6. The van der Waals surface area contributed by atoms with Gasteiger partial charge in [0.05, 0.1) is 17.4 Å². The van der Waals surface area contributed by atoms with Gasteiger partial charge in [0.2, 0.25) is 17.7 Å². The highest BCUT2D eigenvalue weighted by Crippen LogP contribution is 2.30. The van der Waals surface area contributed by atoms with E-state index in [0.29, 0.717) is 11.1 Å². The van der Waals surface area contributed by atoms with E-state index in [4.69, 9.17) is 5.73 Å². The molecule has 0 spiro atoms. The summed E-state index contributed by atoms with van der Waals surface area (Å²) in [5.41, 5.74) is 5.61. The molecule has 1 aliphatic heterocycles. The van der Waals surface area contributed by atoms with Gasteiger partial charge in [-0.2, -0.15) is 13.2 Å². The zero-order chi connectivity index (χ0) is 24.2. The summed E-state index contributed by atoms with van der Waals surface area (Å²) >= 11 is 0. The van der Waals surface area contributed by atoms with Crippen molar-refractivity contribution < 1.29 is 31.9 Å². The minimum Gasteiger partial charge on any atom is -0.369 e. The Labute approximate surface area is 187 Å². The van der Waals surface area contributed by atoms with Gasteiger partial charge in [-0.05, 0) is 41.8 Å². The topological polar surface area (TPSA) is 92.5 Å². The van der Waals surface area contributed by atoms with E-state index in [0.717, 1.165) is 12.1 Å². The van der Waals surface area contributed by atoms with Crippen LogP contribution in [0, 0.1) is 17.7 Å². The molecule has 3 amide bonds. The summed E-state index contributed by atoms with van der Waals surface area (Å²) in [5, 5.41) is 2.63. The molecule has 1 fully saturated rings. The lowest BCUT2D eigenvalue weighted by Gasteiger charge is -2.18. The van der Waals surface area contributed by atoms with Gasteiger partial charge in [-0.3, -0.25) is 14.4 Å². The number of benzene rings is 2. The molecule has 0 aromatic heterocycles. The molecule has 3 N–H and O–H groups in total. The van der Waals surface area contributed by atoms with E-state index in [1.807, 2.05) is 0 Å². The van der Waals surface area contributed by atoms with Crippen LogP contribution in [0.3, 0.4) is 0 Å². The number of carbonyl (C=O) groups is 3. The molecule has 1 saturated heterocycles. The van der Waals surface area contributed by atoms with Gasteiger partial charge < -0.3 is 16.0 Å². The lowest BCUT2D eigenvalue weighted by molar-refractivity contribution is -0.137. The molecule has 0 radical (unpaired) electrons. The van der Waals surface area contributed by atoms with Crippen LogP contribution in [-0.2, 0) is 33.5 Å². The minimum absolute atomic E-state index is 0.0407. The molecule has 6 nitrogen and oxygen atoms in total. The van der Waals surface area contributed by atoms with Crippen LogP contribution < -0.4 is 11.1 Å². The first-order chi connectivity index (χ1) is 15.5. The van der Waals surface area contributed by atoms with Gasteiger partial charge in [-0.25, -0.2) is 4.39 Å². The number of nitrogens with zero attached hydrogens (tertiary/aromatic N) is 1. The van der Waals surface area contributed by atoms with Crippen molar-refractivity contribution in [2.24, 2.45) is 17.6 Å². The Bertz CT molecular complexity index is 1020. The van der Waals surface area contributed by atoms with E-state index in [9.17, 15) is 31.9 Å². The summed E-state index contributed by atoms with van der Waals surface area (Å²) in [6.45, 7) is -0.0367. The van der Waals surface area contributed by atoms with Crippen LogP contribution >= 0.6 is 0 Å². The number of rotatable bonds is 8. The normalized spacial score (nSPS) is 17.2. The molecule has 3 rings (SSSR count). The first kappa shape index (κ1) is 24.2. The van der Waals surface area contributed by atoms with E-state index in [1.54, 1.807) is 0 Å². The van der Waals surface area contributed by atoms with Crippen molar-refractivity contribution in [2.45, 2.75) is 25.6 Å². The average molecular weight is 465 g/mol. The molecular formula is C23H23F4N3O3. The summed E-state index contributed by atoms with van der Waals surface area (Å²) in [6.07, 6.45) is -4.36. The van der Waals surface area contributed by atoms with Gasteiger partial charge in [0.25, 0.3) is 0 Å². The lowest BCUT2D eigenvalue weighted by atomic mass is 9.98. The van der Waals surface area contributed by atoms with Gasteiger partial charge in [-0.15, -0.1) is 0 Å². The van der Waals surface area contributed by atoms with Crippen molar-refractivity contribution >= 4 is 17.7 Å². The van der Waals surface area contributed by atoms with E-state index >= 15 is 0 Å². The van der Waals surface area contributed by atoms with Gasteiger partial charge in [-0.1, -0.05) is 24.3 Å². The standard InChI is InChI=1S/C23H23F4N3O3/c24-19-6-4-14(5-7-19)8-16(21(28)32)11-29-22(33)17-10-20(31)30(13-17)12-15-2-1-3-18(9-15)23(25,26)27/h1-7,9,16-17H,8,10-13H2,(H2,28,32)(H,29,33). The first-order valence-electron chi connectivity index (χ1n) is 10.3. The van der Waals surface area contributed by atoms with Crippen LogP contribution in [0.5, 0.6) is 0 Å². The van der Waals surface area contributed by atoms with Crippen molar-refractivity contribution in [3.05, 3.63) is 71.0 Å². The van der Waals surface area contributed by atoms with Gasteiger partial charge in [0.1, 0.15) is 5.82 Å². The maximum atomic E-state index is 13.1. The van der Waals surface area contributed by atoms with Gasteiger partial charge in [0, 0.05) is 26.1 Å². The molecule has 10 heteroatoms. The number of likely N-dealkylation sites (tertiary alicyclic amines) is 1. The summed E-state index contributed by atoms with van der Waals surface area (Å²) < 4.78 is 51.8. The Morgan fingerprint density at radius 1 is 1.12 bits per heavy atom. The Morgan fingerprint density at radius 2 is 1.82 bits per heavy atom. The summed E-state index contributed by atoms with van der Waals surface area (Å²) in [4.78, 5) is 38.0. The predicted octanol–water partition coefficient (Wildman–Crippen LogP) is 2.65. The summed E-state index contributed by atoms with van der Waals surface area (Å²) in [6, 6.07) is 10.3. The fourth-order valence-electron chi connectivity index (χ4n) is 3.71. The largest absolute Gasteiger partial charge is 0.416 e. The Hall–Kier alpha value is -3.43. The average Bonchev–Trinajstić information content (AvgIpc) is 3.12. The highest BCUT2D eigenvalue weighted by atomic mass is 19.4. The smallest absolute Gasteiger partial charge is 0.369 e. The molecule has 176 valence electrons. The van der Waals surface area contributed by atoms with E-state index in [1.165, 1.54) is 41.3 Å². The summed E-state index contributed by atoms with van der Waals surface area (Å²) in [7, 11) is 0. The second-order valence-corrected chi connectivity index (χ2v) is 8.05. The Balaban J connectivity index is 1.56. The molecule has 2 aromatic carbocycles. The number of primary amides is 1. The van der Waals surface area contributed by atoms with Crippen LogP contribution in [0.4, 0.5) is 17.6 Å². The third kappa shape index (κ3) is 6.53. The van der Waals surface area contributed by atoms with Crippen LogP contribution in [-0.4, -0.2) is 35.7 Å². The number of amides is 3. The number of nitrogens with two attached hydrogens (primary N) is 1. The van der Waals surface area contributed by atoms with Crippen LogP contribution in [0.25, 0.3) is 0 Å². The third-order valence-electron chi connectivity index (χ3n) is 5.53. The number of alkyl halides is 3. The highest BCUT2D eigenvalue weighted by Gasteiger charge is 2.35. The SMILES string of the molecule is NC(=O)C(CNC(=O)C1CC(=O)N(Cc2cccc(C(F)(F)F)c2)C1)Cc1ccc(F)cc1.